The van der Waals surface area contributed by atoms with Gasteiger partial charge in [-0.3, -0.25) is 4.79 Å². The van der Waals surface area contributed by atoms with Crippen LogP contribution in [0.3, 0.4) is 0 Å². The summed E-state index contributed by atoms with van der Waals surface area (Å²) in [6.45, 7) is 7.73. The summed E-state index contributed by atoms with van der Waals surface area (Å²) in [5, 5.41) is 0. The van der Waals surface area contributed by atoms with E-state index in [1.165, 1.54) is 0 Å². The van der Waals surface area contributed by atoms with E-state index in [-0.39, 0.29) is 11.4 Å². The van der Waals surface area contributed by atoms with E-state index in [4.69, 9.17) is 0 Å². The summed E-state index contributed by atoms with van der Waals surface area (Å²) < 4.78 is 0. The van der Waals surface area contributed by atoms with Crippen LogP contribution in [-0.2, 0) is 4.79 Å². The van der Waals surface area contributed by atoms with Crippen molar-refractivity contribution in [1.82, 2.24) is 14.7 Å². The molecular formula is C17H31N3O2. The number of nitrogens with zero attached hydrogens (tertiary/aromatic N) is 3. The number of carbonyl (C=O) groups is 2. The molecule has 126 valence electrons. The van der Waals surface area contributed by atoms with E-state index in [0.717, 1.165) is 51.9 Å². The Bertz CT molecular complexity index is 422. The average Bonchev–Trinajstić information content (AvgIpc) is 2.47. The topological polar surface area (TPSA) is 43.9 Å². The standard InChI is InChI=1S/C17H31N3O2/c1-14(2)7-11-19-12-17(9-6-15(19)21)8-5-10-20(13-17)16(22)18(3)4/h14H,5-13H2,1-4H3/t17-/m1/s1. The van der Waals surface area contributed by atoms with Gasteiger partial charge < -0.3 is 14.7 Å². The van der Waals surface area contributed by atoms with Crippen LogP contribution in [0.4, 0.5) is 4.79 Å². The van der Waals surface area contributed by atoms with Gasteiger partial charge in [0.1, 0.15) is 0 Å². The van der Waals surface area contributed by atoms with Crippen LogP contribution in [0.2, 0.25) is 0 Å². The molecule has 0 aromatic heterocycles. The van der Waals surface area contributed by atoms with Crippen LogP contribution in [0.25, 0.3) is 0 Å². The van der Waals surface area contributed by atoms with Crippen molar-refractivity contribution in [2.24, 2.45) is 11.3 Å². The zero-order valence-corrected chi connectivity index (χ0v) is 14.6. The summed E-state index contributed by atoms with van der Waals surface area (Å²) in [4.78, 5) is 30.1. The van der Waals surface area contributed by atoms with E-state index in [9.17, 15) is 9.59 Å². The van der Waals surface area contributed by atoms with Gasteiger partial charge in [0.15, 0.2) is 0 Å². The molecule has 0 saturated carbocycles. The highest BCUT2D eigenvalue weighted by Gasteiger charge is 2.42. The molecule has 1 atom stereocenters. The van der Waals surface area contributed by atoms with Crippen molar-refractivity contribution in [1.29, 1.82) is 0 Å². The molecule has 2 rings (SSSR count). The van der Waals surface area contributed by atoms with Crippen molar-refractivity contribution in [3.8, 4) is 0 Å². The first-order chi connectivity index (χ1) is 10.3. The van der Waals surface area contributed by atoms with E-state index in [1.807, 2.05) is 23.9 Å². The Morgan fingerprint density at radius 2 is 2.00 bits per heavy atom. The van der Waals surface area contributed by atoms with Gasteiger partial charge in [0.25, 0.3) is 0 Å². The maximum absolute atomic E-state index is 12.3. The maximum atomic E-state index is 12.3. The largest absolute Gasteiger partial charge is 0.342 e. The summed E-state index contributed by atoms with van der Waals surface area (Å²) in [5.41, 5.74) is 0.120. The molecule has 2 aliphatic heterocycles. The van der Waals surface area contributed by atoms with Crippen molar-refractivity contribution < 1.29 is 9.59 Å². The normalized spacial score (nSPS) is 26.0. The molecule has 3 amide bonds. The Hall–Kier alpha value is -1.26. The summed E-state index contributed by atoms with van der Waals surface area (Å²) >= 11 is 0. The molecule has 0 aliphatic carbocycles. The first-order valence-electron chi connectivity index (χ1n) is 8.57. The van der Waals surface area contributed by atoms with Crippen LogP contribution in [0.15, 0.2) is 0 Å². The lowest BCUT2D eigenvalue weighted by atomic mass is 9.73. The van der Waals surface area contributed by atoms with Crippen LogP contribution in [0.5, 0.6) is 0 Å². The van der Waals surface area contributed by atoms with E-state index >= 15 is 0 Å². The first-order valence-corrected chi connectivity index (χ1v) is 8.57. The lowest BCUT2D eigenvalue weighted by Crippen LogP contribution is -2.56. The minimum atomic E-state index is 0.102. The SMILES string of the molecule is CC(C)CCN1C[C@@]2(CCCN(C(=O)N(C)C)C2)CCC1=O. The Balaban J connectivity index is 2.02. The smallest absolute Gasteiger partial charge is 0.319 e. The molecule has 2 heterocycles. The van der Waals surface area contributed by atoms with Gasteiger partial charge in [-0.1, -0.05) is 13.8 Å². The highest BCUT2D eigenvalue weighted by molar-refractivity contribution is 5.77. The fourth-order valence-electron chi connectivity index (χ4n) is 3.71. The molecule has 0 aromatic carbocycles. The van der Waals surface area contributed by atoms with Crippen molar-refractivity contribution in [3.05, 3.63) is 0 Å². The summed E-state index contributed by atoms with van der Waals surface area (Å²) in [6, 6.07) is 0.102. The van der Waals surface area contributed by atoms with E-state index < -0.39 is 0 Å². The van der Waals surface area contributed by atoms with Crippen LogP contribution in [0.1, 0.15) is 46.0 Å². The summed E-state index contributed by atoms with van der Waals surface area (Å²) in [6.07, 6.45) is 4.81. The van der Waals surface area contributed by atoms with Crippen LogP contribution >= 0.6 is 0 Å². The number of likely N-dealkylation sites (tertiary alicyclic amines) is 2. The third kappa shape index (κ3) is 3.93. The highest BCUT2D eigenvalue weighted by Crippen LogP contribution is 2.39. The molecular weight excluding hydrogens is 278 g/mol. The second kappa shape index (κ2) is 6.88. The minimum absolute atomic E-state index is 0.102. The number of urea groups is 1. The van der Waals surface area contributed by atoms with Gasteiger partial charge in [0, 0.05) is 52.1 Å². The predicted octanol–water partition coefficient (Wildman–Crippen LogP) is 2.42. The molecule has 0 radical (unpaired) electrons. The zero-order valence-electron chi connectivity index (χ0n) is 14.6. The fraction of sp³-hybridized carbons (Fsp3) is 0.882. The van der Waals surface area contributed by atoms with E-state index in [0.29, 0.717) is 18.2 Å². The number of carbonyl (C=O) groups excluding carboxylic acids is 2. The molecule has 22 heavy (non-hydrogen) atoms. The van der Waals surface area contributed by atoms with Crippen LogP contribution in [0, 0.1) is 11.3 Å². The maximum Gasteiger partial charge on any atom is 0.319 e. The quantitative estimate of drug-likeness (QED) is 0.803. The van der Waals surface area contributed by atoms with Gasteiger partial charge >= 0.3 is 6.03 Å². The molecule has 0 unspecified atom stereocenters. The Labute approximate surface area is 134 Å². The monoisotopic (exact) mass is 309 g/mol. The third-order valence-corrected chi connectivity index (χ3v) is 5.04. The molecule has 1 spiro atoms. The number of piperidine rings is 2. The van der Waals surface area contributed by atoms with Gasteiger partial charge in [0.2, 0.25) is 5.91 Å². The fourth-order valence-corrected chi connectivity index (χ4v) is 3.71. The zero-order chi connectivity index (χ0) is 16.3. The van der Waals surface area contributed by atoms with Crippen LogP contribution < -0.4 is 0 Å². The molecule has 0 aromatic rings. The van der Waals surface area contributed by atoms with Crippen molar-refractivity contribution in [2.45, 2.75) is 46.0 Å². The second-order valence-electron chi connectivity index (χ2n) is 7.70. The van der Waals surface area contributed by atoms with Gasteiger partial charge in [-0.25, -0.2) is 4.79 Å². The lowest BCUT2D eigenvalue weighted by molar-refractivity contribution is -0.139. The third-order valence-electron chi connectivity index (χ3n) is 5.04. The van der Waals surface area contributed by atoms with E-state index in [2.05, 4.69) is 13.8 Å². The van der Waals surface area contributed by atoms with Gasteiger partial charge in [-0.15, -0.1) is 0 Å². The minimum Gasteiger partial charge on any atom is -0.342 e. The molecule has 2 saturated heterocycles. The average molecular weight is 309 g/mol. The van der Waals surface area contributed by atoms with E-state index in [1.54, 1.807) is 4.90 Å². The van der Waals surface area contributed by atoms with Crippen molar-refractivity contribution >= 4 is 11.9 Å². The molecule has 0 N–H and O–H groups in total. The molecule has 5 heteroatoms. The second-order valence-corrected chi connectivity index (χ2v) is 7.70. The number of rotatable bonds is 3. The van der Waals surface area contributed by atoms with Gasteiger partial charge in [-0.05, 0) is 31.6 Å². The predicted molar refractivity (Wildman–Crippen MR) is 87.6 cm³/mol. The first kappa shape index (κ1) is 17.1. The Kier molecular flexibility index (Phi) is 5.35. The Morgan fingerprint density at radius 1 is 1.27 bits per heavy atom. The number of hydrogen-bond donors (Lipinski definition) is 0. The van der Waals surface area contributed by atoms with Crippen molar-refractivity contribution in [3.63, 3.8) is 0 Å². The number of amides is 3. The van der Waals surface area contributed by atoms with Crippen molar-refractivity contribution in [2.75, 3.05) is 40.3 Å². The summed E-state index contributed by atoms with van der Waals surface area (Å²) in [5.74, 6) is 0.909. The number of hydrogen-bond acceptors (Lipinski definition) is 2. The molecule has 2 fully saturated rings. The van der Waals surface area contributed by atoms with Gasteiger partial charge in [-0.2, -0.15) is 0 Å². The highest BCUT2D eigenvalue weighted by atomic mass is 16.2. The Morgan fingerprint density at radius 3 is 2.64 bits per heavy atom. The van der Waals surface area contributed by atoms with Gasteiger partial charge in [0.05, 0.1) is 0 Å². The lowest BCUT2D eigenvalue weighted by Gasteiger charge is -2.48. The molecule has 0 bridgehead atoms. The molecule has 2 aliphatic rings. The molecule has 5 nitrogen and oxygen atoms in total. The summed E-state index contributed by atoms with van der Waals surface area (Å²) in [7, 11) is 3.62. The van der Waals surface area contributed by atoms with Crippen LogP contribution in [-0.4, -0.2) is 66.9 Å².